The number of para-hydroxylation sites is 2. The maximum absolute atomic E-state index is 4.17. The van der Waals surface area contributed by atoms with Crippen LogP contribution in [0, 0.1) is 0 Å². The molecule has 20 heavy (non-hydrogen) atoms. The third-order valence-corrected chi connectivity index (χ3v) is 3.31. The van der Waals surface area contributed by atoms with E-state index in [-0.39, 0.29) is 0 Å². The van der Waals surface area contributed by atoms with Crippen LogP contribution in [-0.4, -0.2) is 17.5 Å². The average molecular weight is 261 g/mol. The zero-order valence-corrected chi connectivity index (χ0v) is 11.3. The molecule has 0 N–H and O–H groups in total. The van der Waals surface area contributed by atoms with E-state index in [0.717, 1.165) is 16.9 Å². The van der Waals surface area contributed by atoms with Crippen molar-refractivity contribution in [1.82, 2.24) is 4.57 Å². The molecule has 0 unspecified atom stereocenters. The molecule has 0 radical (unpaired) electrons. The molecule has 98 valence electrons. The average Bonchev–Trinajstić information content (AvgIpc) is 2.84. The molecule has 2 aromatic carbocycles. The minimum atomic E-state index is 0.723. The van der Waals surface area contributed by atoms with Gasteiger partial charge in [0, 0.05) is 17.0 Å². The van der Waals surface area contributed by atoms with Crippen molar-refractivity contribution in [2.45, 2.75) is 6.92 Å². The van der Waals surface area contributed by atoms with Crippen LogP contribution in [0.15, 0.2) is 64.7 Å². The molecule has 3 rings (SSSR count). The lowest BCUT2D eigenvalue weighted by Crippen LogP contribution is -1.93. The Hall–Kier alpha value is -2.68. The van der Waals surface area contributed by atoms with Gasteiger partial charge in [0.15, 0.2) is 5.82 Å². The first-order valence-electron chi connectivity index (χ1n) is 6.50. The highest BCUT2D eigenvalue weighted by Crippen LogP contribution is 2.31. The molecular weight excluding hydrogens is 246 g/mol. The Balaban J connectivity index is 2.45. The third kappa shape index (κ3) is 1.84. The third-order valence-electron chi connectivity index (χ3n) is 3.31. The van der Waals surface area contributed by atoms with Crippen LogP contribution in [0.25, 0.3) is 27.6 Å². The van der Waals surface area contributed by atoms with Gasteiger partial charge in [-0.25, -0.2) is 4.99 Å². The number of rotatable bonds is 3. The minimum absolute atomic E-state index is 0.723. The Labute approximate surface area is 117 Å². The lowest BCUT2D eigenvalue weighted by molar-refractivity contribution is 1.17. The van der Waals surface area contributed by atoms with Crippen molar-refractivity contribution in [3.8, 4) is 0 Å². The van der Waals surface area contributed by atoms with Crippen LogP contribution in [0.3, 0.4) is 0 Å². The lowest BCUT2D eigenvalue weighted by atomic mass is 10.2. The first kappa shape index (κ1) is 12.4. The van der Waals surface area contributed by atoms with Gasteiger partial charge in [-0.3, -0.25) is 9.56 Å². The van der Waals surface area contributed by atoms with Gasteiger partial charge in [0.25, 0.3) is 0 Å². The Morgan fingerprint density at radius 1 is 1.00 bits per heavy atom. The molecule has 0 atom stereocenters. The van der Waals surface area contributed by atoms with E-state index in [2.05, 4.69) is 45.5 Å². The first-order chi connectivity index (χ1) is 9.86. The number of benzene rings is 2. The summed E-state index contributed by atoms with van der Waals surface area (Å²) in [5, 5.41) is 2.41. The fourth-order valence-corrected chi connectivity index (χ4v) is 2.48. The maximum atomic E-state index is 4.17. The van der Waals surface area contributed by atoms with E-state index in [0.29, 0.717) is 0 Å². The summed E-state index contributed by atoms with van der Waals surface area (Å²) in [7, 11) is 0. The van der Waals surface area contributed by atoms with E-state index in [4.69, 9.17) is 0 Å². The van der Waals surface area contributed by atoms with Crippen molar-refractivity contribution in [1.29, 1.82) is 0 Å². The van der Waals surface area contributed by atoms with E-state index >= 15 is 0 Å². The van der Waals surface area contributed by atoms with Crippen LogP contribution < -0.4 is 0 Å². The first-order valence-corrected chi connectivity index (χ1v) is 6.50. The van der Waals surface area contributed by atoms with Crippen LogP contribution in [0.1, 0.15) is 6.92 Å². The summed E-state index contributed by atoms with van der Waals surface area (Å²) in [5.41, 5.74) is 2.22. The van der Waals surface area contributed by atoms with Gasteiger partial charge in [-0.1, -0.05) is 36.4 Å². The van der Waals surface area contributed by atoms with Crippen molar-refractivity contribution >= 4 is 40.6 Å². The number of aromatic nitrogens is 1. The van der Waals surface area contributed by atoms with E-state index in [1.54, 1.807) is 12.4 Å². The Morgan fingerprint density at radius 2 is 1.55 bits per heavy atom. The Kier molecular flexibility index (Phi) is 3.17. The molecule has 0 aliphatic rings. The summed E-state index contributed by atoms with van der Waals surface area (Å²) in [5.74, 6) is 0.723. The second-order valence-electron chi connectivity index (χ2n) is 4.42. The van der Waals surface area contributed by atoms with E-state index in [1.807, 2.05) is 31.2 Å². The number of aliphatic imine (C=N–C) groups is 2. The van der Waals surface area contributed by atoms with E-state index in [1.165, 1.54) is 10.8 Å². The molecule has 0 amide bonds. The summed E-state index contributed by atoms with van der Waals surface area (Å²) in [6.45, 7) is 5.55. The fourth-order valence-electron chi connectivity index (χ4n) is 2.48. The van der Waals surface area contributed by atoms with Crippen LogP contribution in [-0.2, 0) is 0 Å². The van der Waals surface area contributed by atoms with E-state index < -0.39 is 0 Å². The predicted octanol–water partition coefficient (Wildman–Crippen LogP) is 4.34. The second kappa shape index (κ2) is 5.13. The highest BCUT2D eigenvalue weighted by Gasteiger charge is 2.11. The molecule has 0 aliphatic heterocycles. The van der Waals surface area contributed by atoms with Crippen molar-refractivity contribution in [2.24, 2.45) is 9.98 Å². The van der Waals surface area contributed by atoms with Crippen LogP contribution in [0.2, 0.25) is 0 Å². The van der Waals surface area contributed by atoms with Gasteiger partial charge in [0.1, 0.15) is 0 Å². The molecule has 0 spiro atoms. The summed E-state index contributed by atoms with van der Waals surface area (Å²) < 4.78 is 2.09. The molecular formula is C17H15N3. The molecule has 1 heterocycles. The molecule has 0 saturated carbocycles. The topological polar surface area (TPSA) is 29.6 Å². The summed E-state index contributed by atoms with van der Waals surface area (Å²) in [6.07, 6.45) is 3.46. The molecule has 3 aromatic rings. The molecule has 3 nitrogen and oxygen atoms in total. The zero-order chi connectivity index (χ0) is 13.9. The summed E-state index contributed by atoms with van der Waals surface area (Å²) in [4.78, 5) is 8.30. The maximum Gasteiger partial charge on any atom is 0.155 e. The van der Waals surface area contributed by atoms with Gasteiger partial charge in [-0.05, 0) is 25.8 Å². The van der Waals surface area contributed by atoms with Gasteiger partial charge in [-0.15, -0.1) is 0 Å². The second-order valence-corrected chi connectivity index (χ2v) is 4.42. The zero-order valence-electron chi connectivity index (χ0n) is 11.3. The highest BCUT2D eigenvalue weighted by atomic mass is 15.1. The largest absolute Gasteiger partial charge is 0.293 e. The number of hydrogen-bond donors (Lipinski definition) is 0. The quantitative estimate of drug-likeness (QED) is 0.628. The predicted molar refractivity (Wildman–Crippen MR) is 87.4 cm³/mol. The standard InChI is InChI=1S/C17H15N3/c1-3-19-12-17(18-2)20-15-10-6-4-8-13(15)14-9-5-7-11-16(14)20/h3-12H,2H2,1H3/b17-12+,19-3?. The van der Waals surface area contributed by atoms with Crippen molar-refractivity contribution in [2.75, 3.05) is 0 Å². The molecule has 0 bridgehead atoms. The summed E-state index contributed by atoms with van der Waals surface area (Å²) >= 11 is 0. The number of fused-ring (bicyclic) bond motifs is 3. The molecule has 3 heteroatoms. The SMILES string of the molecule is C=N/C(=C\N=CC)n1c2ccccc2c2ccccc21. The smallest absolute Gasteiger partial charge is 0.155 e. The number of hydrogen-bond acceptors (Lipinski definition) is 2. The Bertz CT molecular complexity index is 784. The van der Waals surface area contributed by atoms with Crippen molar-refractivity contribution < 1.29 is 0 Å². The monoisotopic (exact) mass is 261 g/mol. The van der Waals surface area contributed by atoms with Crippen LogP contribution in [0.5, 0.6) is 0 Å². The van der Waals surface area contributed by atoms with Gasteiger partial charge in [-0.2, -0.15) is 0 Å². The van der Waals surface area contributed by atoms with Gasteiger partial charge in [0.05, 0.1) is 17.2 Å². The van der Waals surface area contributed by atoms with Gasteiger partial charge in [0.2, 0.25) is 0 Å². The van der Waals surface area contributed by atoms with Crippen molar-refractivity contribution in [3.63, 3.8) is 0 Å². The molecule has 0 fully saturated rings. The van der Waals surface area contributed by atoms with Crippen LogP contribution >= 0.6 is 0 Å². The van der Waals surface area contributed by atoms with Crippen molar-refractivity contribution in [3.05, 3.63) is 54.7 Å². The number of nitrogens with zero attached hydrogens (tertiary/aromatic N) is 3. The highest BCUT2D eigenvalue weighted by molar-refractivity contribution is 6.09. The van der Waals surface area contributed by atoms with Gasteiger partial charge < -0.3 is 0 Å². The lowest BCUT2D eigenvalue weighted by Gasteiger charge is -2.06. The fraction of sp³-hybridized carbons (Fsp3) is 0.0588. The molecule has 0 saturated heterocycles. The minimum Gasteiger partial charge on any atom is -0.293 e. The van der Waals surface area contributed by atoms with Crippen LogP contribution in [0.4, 0.5) is 0 Å². The van der Waals surface area contributed by atoms with Gasteiger partial charge >= 0.3 is 0 Å². The Morgan fingerprint density at radius 3 is 2.05 bits per heavy atom. The summed E-state index contributed by atoms with van der Waals surface area (Å²) in [6, 6.07) is 16.6. The van der Waals surface area contributed by atoms with E-state index in [9.17, 15) is 0 Å². The molecule has 1 aromatic heterocycles. The normalized spacial score (nSPS) is 12.6. The molecule has 0 aliphatic carbocycles.